The van der Waals surface area contributed by atoms with Crippen LogP contribution in [0.2, 0.25) is 0 Å². The highest BCUT2D eigenvalue weighted by molar-refractivity contribution is 6.11. The SMILES string of the molecule is Cn1cc(-c2cc(F)c3[nH]nc(C(=O)Nc4ccc(CN5CCOCC5)cc4F)c3c2)cn1. The van der Waals surface area contributed by atoms with Crippen molar-refractivity contribution < 1.29 is 18.3 Å². The van der Waals surface area contributed by atoms with Crippen LogP contribution in [0, 0.1) is 11.6 Å². The van der Waals surface area contributed by atoms with Crippen LogP contribution < -0.4 is 5.32 Å². The molecule has 0 aliphatic carbocycles. The molecule has 0 unspecified atom stereocenters. The van der Waals surface area contributed by atoms with Gasteiger partial charge in [-0.25, -0.2) is 8.78 Å². The number of aryl methyl sites for hydroxylation is 1. The lowest BCUT2D eigenvalue weighted by atomic mass is 10.1. The number of benzene rings is 2. The number of amides is 1. The maximum absolute atomic E-state index is 14.7. The molecule has 1 fully saturated rings. The Morgan fingerprint density at radius 2 is 1.97 bits per heavy atom. The Morgan fingerprint density at radius 1 is 1.15 bits per heavy atom. The molecule has 2 N–H and O–H groups in total. The molecule has 1 saturated heterocycles. The number of anilines is 1. The first-order valence-electron chi connectivity index (χ1n) is 10.5. The maximum Gasteiger partial charge on any atom is 0.276 e. The van der Waals surface area contributed by atoms with Gasteiger partial charge in [-0.2, -0.15) is 10.2 Å². The van der Waals surface area contributed by atoms with Gasteiger partial charge in [-0.3, -0.25) is 19.5 Å². The van der Waals surface area contributed by atoms with E-state index in [9.17, 15) is 13.6 Å². The van der Waals surface area contributed by atoms with E-state index in [4.69, 9.17) is 4.74 Å². The normalized spacial score (nSPS) is 14.6. The van der Waals surface area contributed by atoms with Gasteiger partial charge < -0.3 is 10.1 Å². The molecule has 170 valence electrons. The molecule has 33 heavy (non-hydrogen) atoms. The number of carbonyl (C=O) groups excluding carboxylic acids is 1. The fraction of sp³-hybridized carbons (Fsp3) is 0.261. The van der Waals surface area contributed by atoms with Gasteiger partial charge in [0.15, 0.2) is 5.69 Å². The second-order valence-corrected chi connectivity index (χ2v) is 8.01. The Kier molecular flexibility index (Phi) is 5.61. The first-order chi connectivity index (χ1) is 16.0. The van der Waals surface area contributed by atoms with Crippen molar-refractivity contribution in [2.75, 3.05) is 31.6 Å². The van der Waals surface area contributed by atoms with Crippen LogP contribution in [-0.4, -0.2) is 57.1 Å². The molecule has 10 heteroatoms. The van der Waals surface area contributed by atoms with E-state index >= 15 is 0 Å². The number of morpholine rings is 1. The maximum atomic E-state index is 14.7. The number of H-pyrrole nitrogens is 1. The van der Waals surface area contributed by atoms with Crippen molar-refractivity contribution in [1.29, 1.82) is 0 Å². The molecule has 0 radical (unpaired) electrons. The molecule has 3 heterocycles. The summed E-state index contributed by atoms with van der Waals surface area (Å²) in [5.74, 6) is -1.73. The van der Waals surface area contributed by atoms with Crippen LogP contribution in [0.15, 0.2) is 42.7 Å². The molecule has 1 amide bonds. The molecular weight excluding hydrogens is 430 g/mol. The zero-order chi connectivity index (χ0) is 22.9. The topological polar surface area (TPSA) is 88.1 Å². The highest BCUT2D eigenvalue weighted by atomic mass is 19.1. The molecule has 8 nitrogen and oxygen atoms in total. The molecule has 0 atom stereocenters. The summed E-state index contributed by atoms with van der Waals surface area (Å²) in [4.78, 5) is 15.1. The van der Waals surface area contributed by atoms with Crippen molar-refractivity contribution in [2.24, 2.45) is 7.05 Å². The van der Waals surface area contributed by atoms with Gasteiger partial charge in [0.05, 0.1) is 25.1 Å². The third-order valence-corrected chi connectivity index (χ3v) is 5.67. The van der Waals surface area contributed by atoms with Crippen molar-refractivity contribution in [3.8, 4) is 11.1 Å². The van der Waals surface area contributed by atoms with E-state index in [1.165, 1.54) is 18.2 Å². The molecule has 1 aliphatic heterocycles. The number of ether oxygens (including phenoxy) is 1. The third-order valence-electron chi connectivity index (χ3n) is 5.67. The van der Waals surface area contributed by atoms with Crippen molar-refractivity contribution in [3.63, 3.8) is 0 Å². The fourth-order valence-corrected chi connectivity index (χ4v) is 3.95. The Morgan fingerprint density at radius 3 is 2.70 bits per heavy atom. The summed E-state index contributed by atoms with van der Waals surface area (Å²) in [5.41, 5.74) is 2.18. The van der Waals surface area contributed by atoms with Gasteiger partial charge in [0.1, 0.15) is 17.2 Å². The molecule has 4 aromatic rings. The first kappa shape index (κ1) is 21.2. The number of nitrogens with zero attached hydrogens (tertiary/aromatic N) is 4. The number of aromatic nitrogens is 4. The van der Waals surface area contributed by atoms with Gasteiger partial charge >= 0.3 is 0 Å². The van der Waals surface area contributed by atoms with Crippen molar-refractivity contribution in [1.82, 2.24) is 24.9 Å². The Balaban J connectivity index is 1.38. The Hall–Kier alpha value is -3.63. The number of hydrogen-bond donors (Lipinski definition) is 2. The number of carbonyl (C=O) groups is 1. The number of hydrogen-bond acceptors (Lipinski definition) is 5. The molecule has 2 aromatic carbocycles. The van der Waals surface area contributed by atoms with Gasteiger partial charge in [-0.1, -0.05) is 6.07 Å². The van der Waals surface area contributed by atoms with Crippen LogP contribution in [0.3, 0.4) is 0 Å². The summed E-state index contributed by atoms with van der Waals surface area (Å²) in [6, 6.07) is 7.73. The van der Waals surface area contributed by atoms with Gasteiger partial charge in [0.25, 0.3) is 5.91 Å². The summed E-state index contributed by atoms with van der Waals surface area (Å²) in [5, 5.41) is 13.5. The number of fused-ring (bicyclic) bond motifs is 1. The highest BCUT2D eigenvalue weighted by Crippen LogP contribution is 2.28. The van der Waals surface area contributed by atoms with Gasteiger partial charge in [-0.15, -0.1) is 0 Å². The van der Waals surface area contributed by atoms with Crippen LogP contribution in [0.25, 0.3) is 22.0 Å². The predicted molar refractivity (Wildman–Crippen MR) is 119 cm³/mol. The smallest absolute Gasteiger partial charge is 0.276 e. The highest BCUT2D eigenvalue weighted by Gasteiger charge is 2.20. The minimum Gasteiger partial charge on any atom is -0.379 e. The lowest BCUT2D eigenvalue weighted by Crippen LogP contribution is -2.35. The first-order valence-corrected chi connectivity index (χ1v) is 10.5. The van der Waals surface area contributed by atoms with Crippen LogP contribution in [-0.2, 0) is 18.3 Å². The quantitative estimate of drug-likeness (QED) is 0.485. The number of halogens is 2. The van der Waals surface area contributed by atoms with E-state index < -0.39 is 17.5 Å². The lowest BCUT2D eigenvalue weighted by Gasteiger charge is -2.26. The van der Waals surface area contributed by atoms with E-state index in [1.54, 1.807) is 36.3 Å². The Bertz CT molecular complexity index is 1330. The molecule has 0 bridgehead atoms. The minimum absolute atomic E-state index is 0.0218. The van der Waals surface area contributed by atoms with E-state index in [0.717, 1.165) is 18.7 Å². The predicted octanol–water partition coefficient (Wildman–Crippen LogP) is 3.33. The number of nitrogens with one attached hydrogen (secondary N) is 2. The van der Waals surface area contributed by atoms with Gasteiger partial charge in [-0.05, 0) is 35.4 Å². The molecule has 2 aromatic heterocycles. The molecule has 5 rings (SSSR count). The summed E-state index contributed by atoms with van der Waals surface area (Å²) in [6.07, 6.45) is 3.35. The average molecular weight is 452 g/mol. The third kappa shape index (κ3) is 4.35. The summed E-state index contributed by atoms with van der Waals surface area (Å²) < 4.78 is 36.3. The fourth-order valence-electron chi connectivity index (χ4n) is 3.95. The van der Waals surface area contributed by atoms with Gasteiger partial charge in [0, 0.05) is 43.8 Å². The van der Waals surface area contributed by atoms with Crippen molar-refractivity contribution >= 4 is 22.5 Å². The van der Waals surface area contributed by atoms with E-state index in [1.807, 2.05) is 0 Å². The van der Waals surface area contributed by atoms with Gasteiger partial charge in [0.2, 0.25) is 0 Å². The average Bonchev–Trinajstić information content (AvgIpc) is 3.43. The van der Waals surface area contributed by atoms with Crippen LogP contribution >= 0.6 is 0 Å². The molecule has 0 spiro atoms. The zero-order valence-electron chi connectivity index (χ0n) is 17.9. The summed E-state index contributed by atoms with van der Waals surface area (Å²) in [7, 11) is 1.76. The standard InChI is InChI=1S/C23H22F2N6O2/c1-30-13-16(11-26-30)15-9-17-21(19(25)10-15)28-29-22(17)23(32)27-20-3-2-14(8-18(20)24)12-31-4-6-33-7-5-31/h2-3,8-11,13H,4-7,12H2,1H3,(H,27,32)(H,28,29). The second-order valence-electron chi connectivity index (χ2n) is 8.01. The van der Waals surface area contributed by atoms with Crippen molar-refractivity contribution in [3.05, 3.63) is 65.6 Å². The molecular formula is C23H22F2N6O2. The summed E-state index contributed by atoms with van der Waals surface area (Å²) >= 11 is 0. The molecule has 1 aliphatic rings. The zero-order valence-corrected chi connectivity index (χ0v) is 17.9. The van der Waals surface area contributed by atoms with E-state index in [-0.39, 0.29) is 16.9 Å². The van der Waals surface area contributed by atoms with E-state index in [2.05, 4.69) is 25.5 Å². The lowest BCUT2D eigenvalue weighted by molar-refractivity contribution is 0.0341. The van der Waals surface area contributed by atoms with Crippen molar-refractivity contribution in [2.45, 2.75) is 6.54 Å². The second kappa shape index (κ2) is 8.72. The van der Waals surface area contributed by atoms with E-state index in [0.29, 0.717) is 36.3 Å². The van der Waals surface area contributed by atoms with Crippen LogP contribution in [0.1, 0.15) is 16.1 Å². The number of aromatic amines is 1. The Labute approximate surface area is 188 Å². The van der Waals surface area contributed by atoms with Crippen LogP contribution in [0.4, 0.5) is 14.5 Å². The monoisotopic (exact) mass is 452 g/mol. The van der Waals surface area contributed by atoms with Crippen LogP contribution in [0.5, 0.6) is 0 Å². The summed E-state index contributed by atoms with van der Waals surface area (Å²) in [6.45, 7) is 3.53. The molecule has 0 saturated carbocycles. The minimum atomic E-state index is -0.635. The largest absolute Gasteiger partial charge is 0.379 e. The number of rotatable bonds is 5.